The molecular weight excluding hydrogens is 216 g/mol. The summed E-state index contributed by atoms with van der Waals surface area (Å²) in [5, 5.41) is 19.7. The number of carbonyl (C=O) groups is 1. The molecule has 0 saturated heterocycles. The van der Waals surface area contributed by atoms with Gasteiger partial charge in [-0.1, -0.05) is 0 Å². The molecule has 0 spiro atoms. The minimum absolute atomic E-state index is 0.0310. The van der Waals surface area contributed by atoms with Crippen LogP contribution in [0.5, 0.6) is 5.75 Å². The van der Waals surface area contributed by atoms with Gasteiger partial charge < -0.3 is 20.0 Å². The number of hydrogen-bond acceptors (Lipinski definition) is 6. The van der Waals surface area contributed by atoms with E-state index < -0.39 is 16.7 Å². The predicted octanol–water partition coefficient (Wildman–Crippen LogP) is 0.801. The molecule has 0 fully saturated rings. The number of aromatic hydroxyl groups is 1. The van der Waals surface area contributed by atoms with Crippen LogP contribution in [0.2, 0.25) is 0 Å². The largest absolute Gasteiger partial charge is 0.504 e. The topological polar surface area (TPSA) is 103 Å². The van der Waals surface area contributed by atoms with Crippen molar-refractivity contribution in [3.63, 3.8) is 0 Å². The van der Waals surface area contributed by atoms with Crippen LogP contribution in [0, 0.1) is 10.1 Å². The SMILES string of the molecule is CCOC(=O)Cc1cc(O)cnc1[N+](=O)[O-]. The lowest BCUT2D eigenvalue weighted by atomic mass is 10.2. The van der Waals surface area contributed by atoms with Gasteiger partial charge in [0.25, 0.3) is 0 Å². The lowest BCUT2D eigenvalue weighted by molar-refractivity contribution is -0.390. The molecule has 0 saturated carbocycles. The smallest absolute Gasteiger partial charge is 0.367 e. The third kappa shape index (κ3) is 2.91. The molecule has 1 N–H and O–H groups in total. The first-order chi connectivity index (χ1) is 7.54. The molecule has 1 heterocycles. The molecule has 0 aromatic carbocycles. The second-order valence-corrected chi connectivity index (χ2v) is 2.92. The minimum Gasteiger partial charge on any atom is -0.504 e. The van der Waals surface area contributed by atoms with E-state index in [2.05, 4.69) is 9.72 Å². The first kappa shape index (κ1) is 11.9. The van der Waals surface area contributed by atoms with E-state index in [4.69, 9.17) is 5.11 Å². The van der Waals surface area contributed by atoms with Crippen LogP contribution >= 0.6 is 0 Å². The molecular formula is C9H10N2O5. The highest BCUT2D eigenvalue weighted by atomic mass is 16.6. The molecule has 86 valence electrons. The first-order valence-corrected chi connectivity index (χ1v) is 4.52. The van der Waals surface area contributed by atoms with Gasteiger partial charge in [-0.15, -0.1) is 0 Å². The van der Waals surface area contributed by atoms with Gasteiger partial charge in [0.05, 0.1) is 18.6 Å². The van der Waals surface area contributed by atoms with Gasteiger partial charge in [-0.2, -0.15) is 0 Å². The van der Waals surface area contributed by atoms with Gasteiger partial charge in [0.2, 0.25) is 0 Å². The van der Waals surface area contributed by atoms with E-state index in [9.17, 15) is 14.9 Å². The standard InChI is InChI=1S/C9H10N2O5/c1-2-16-8(13)4-6-3-7(12)5-10-9(6)11(14)15/h3,5,12H,2,4H2,1H3. The number of nitro groups is 1. The monoisotopic (exact) mass is 226 g/mol. The van der Waals surface area contributed by atoms with Crippen molar-refractivity contribution in [1.82, 2.24) is 4.98 Å². The summed E-state index contributed by atoms with van der Waals surface area (Å²) >= 11 is 0. The van der Waals surface area contributed by atoms with Gasteiger partial charge in [0.15, 0.2) is 11.9 Å². The summed E-state index contributed by atoms with van der Waals surface area (Å²) in [6, 6.07) is 1.13. The Morgan fingerprint density at radius 1 is 1.69 bits per heavy atom. The predicted molar refractivity (Wildman–Crippen MR) is 52.9 cm³/mol. The highest BCUT2D eigenvalue weighted by molar-refractivity contribution is 5.73. The van der Waals surface area contributed by atoms with Crippen LogP contribution in [0.25, 0.3) is 0 Å². The van der Waals surface area contributed by atoms with Crippen molar-refractivity contribution in [2.45, 2.75) is 13.3 Å². The maximum Gasteiger partial charge on any atom is 0.367 e. The summed E-state index contributed by atoms with van der Waals surface area (Å²) in [4.78, 5) is 24.4. The Kier molecular flexibility index (Phi) is 3.76. The van der Waals surface area contributed by atoms with Gasteiger partial charge in [-0.25, -0.2) is 0 Å². The Morgan fingerprint density at radius 3 is 2.94 bits per heavy atom. The quantitative estimate of drug-likeness (QED) is 0.462. The van der Waals surface area contributed by atoms with Gasteiger partial charge in [-0.3, -0.25) is 4.79 Å². The minimum atomic E-state index is -0.714. The third-order valence-corrected chi connectivity index (χ3v) is 1.74. The van der Waals surface area contributed by atoms with Crippen molar-refractivity contribution in [3.05, 3.63) is 27.9 Å². The molecule has 0 aliphatic carbocycles. The molecule has 1 aromatic heterocycles. The highest BCUT2D eigenvalue weighted by Gasteiger charge is 2.19. The highest BCUT2D eigenvalue weighted by Crippen LogP contribution is 2.20. The molecule has 0 radical (unpaired) electrons. The summed E-state index contributed by atoms with van der Waals surface area (Å²) in [5.41, 5.74) is 0.0310. The number of ether oxygens (including phenoxy) is 1. The maximum absolute atomic E-state index is 11.1. The summed E-state index contributed by atoms with van der Waals surface area (Å²) in [5.74, 6) is -1.28. The molecule has 7 heteroatoms. The molecule has 0 bridgehead atoms. The van der Waals surface area contributed by atoms with Crippen LogP contribution in [0.4, 0.5) is 5.82 Å². The Hall–Kier alpha value is -2.18. The Bertz CT molecular complexity index is 418. The average Bonchev–Trinajstić information content (AvgIpc) is 2.17. The van der Waals surface area contributed by atoms with Gasteiger partial charge in [0.1, 0.15) is 0 Å². The van der Waals surface area contributed by atoms with Crippen LogP contribution in [0.1, 0.15) is 12.5 Å². The van der Waals surface area contributed by atoms with Crippen molar-refractivity contribution in [1.29, 1.82) is 0 Å². The van der Waals surface area contributed by atoms with Gasteiger partial charge in [0, 0.05) is 0 Å². The zero-order valence-electron chi connectivity index (χ0n) is 8.54. The van der Waals surface area contributed by atoms with Crippen LogP contribution in [-0.2, 0) is 16.0 Å². The van der Waals surface area contributed by atoms with Crippen LogP contribution in [0.15, 0.2) is 12.3 Å². The Morgan fingerprint density at radius 2 is 2.38 bits per heavy atom. The van der Waals surface area contributed by atoms with E-state index in [1.54, 1.807) is 6.92 Å². The second kappa shape index (κ2) is 5.06. The van der Waals surface area contributed by atoms with Crippen molar-refractivity contribution < 1.29 is 19.6 Å². The second-order valence-electron chi connectivity index (χ2n) is 2.92. The lowest BCUT2D eigenvalue weighted by Crippen LogP contribution is -2.09. The summed E-state index contributed by atoms with van der Waals surface area (Å²) < 4.78 is 4.65. The average molecular weight is 226 g/mol. The van der Waals surface area contributed by atoms with E-state index in [-0.39, 0.29) is 24.3 Å². The normalized spacial score (nSPS) is 9.81. The zero-order valence-corrected chi connectivity index (χ0v) is 8.54. The van der Waals surface area contributed by atoms with Crippen molar-refractivity contribution in [2.24, 2.45) is 0 Å². The zero-order chi connectivity index (χ0) is 12.1. The van der Waals surface area contributed by atoms with Crippen LogP contribution in [-0.4, -0.2) is 27.6 Å². The van der Waals surface area contributed by atoms with Crippen molar-refractivity contribution in [3.8, 4) is 5.75 Å². The van der Waals surface area contributed by atoms with Crippen LogP contribution in [0.3, 0.4) is 0 Å². The fraction of sp³-hybridized carbons (Fsp3) is 0.333. The summed E-state index contributed by atoms with van der Waals surface area (Å²) in [6.45, 7) is 1.83. The van der Waals surface area contributed by atoms with Crippen molar-refractivity contribution in [2.75, 3.05) is 6.61 Å². The molecule has 7 nitrogen and oxygen atoms in total. The van der Waals surface area contributed by atoms with Crippen molar-refractivity contribution >= 4 is 11.8 Å². The molecule has 0 atom stereocenters. The number of hydrogen-bond donors (Lipinski definition) is 1. The number of aromatic nitrogens is 1. The van der Waals surface area contributed by atoms with E-state index >= 15 is 0 Å². The van der Waals surface area contributed by atoms with Gasteiger partial charge >= 0.3 is 11.8 Å². The molecule has 1 rings (SSSR count). The number of pyridine rings is 1. The molecule has 0 amide bonds. The van der Waals surface area contributed by atoms with E-state index in [0.717, 1.165) is 12.3 Å². The van der Waals surface area contributed by atoms with E-state index in [1.807, 2.05) is 0 Å². The fourth-order valence-electron chi connectivity index (χ4n) is 1.15. The molecule has 1 aromatic rings. The van der Waals surface area contributed by atoms with E-state index in [1.165, 1.54) is 0 Å². The Labute approximate surface area is 90.8 Å². The molecule has 16 heavy (non-hydrogen) atoms. The number of carbonyl (C=O) groups excluding carboxylic acids is 1. The number of rotatable bonds is 4. The maximum atomic E-state index is 11.1. The molecule has 0 aliphatic rings. The molecule has 0 aliphatic heterocycles. The third-order valence-electron chi connectivity index (χ3n) is 1.74. The fourth-order valence-corrected chi connectivity index (χ4v) is 1.15. The first-order valence-electron chi connectivity index (χ1n) is 4.52. The van der Waals surface area contributed by atoms with Crippen LogP contribution < -0.4 is 0 Å². The Balaban J connectivity index is 2.96. The number of esters is 1. The summed E-state index contributed by atoms with van der Waals surface area (Å²) in [6.07, 6.45) is 0.665. The lowest BCUT2D eigenvalue weighted by Gasteiger charge is -2.02. The molecule has 0 unspecified atom stereocenters. The summed E-state index contributed by atoms with van der Waals surface area (Å²) in [7, 11) is 0. The van der Waals surface area contributed by atoms with Gasteiger partial charge in [-0.05, 0) is 22.9 Å². The van der Waals surface area contributed by atoms with E-state index in [0.29, 0.717) is 0 Å². The number of nitrogens with zero attached hydrogens (tertiary/aromatic N) is 2.